The molecule has 0 bridgehead atoms. The van der Waals surface area contributed by atoms with Crippen molar-refractivity contribution in [3.63, 3.8) is 0 Å². The molecule has 0 radical (unpaired) electrons. The normalized spacial score (nSPS) is 24.8. The van der Waals surface area contributed by atoms with Crippen LogP contribution in [0.2, 0.25) is 0 Å². The van der Waals surface area contributed by atoms with Crippen molar-refractivity contribution in [1.29, 1.82) is 0 Å². The van der Waals surface area contributed by atoms with E-state index in [4.69, 9.17) is 10.5 Å². The van der Waals surface area contributed by atoms with E-state index in [-0.39, 0.29) is 0 Å². The molecule has 2 rings (SSSR count). The number of nitrogens with two attached hydrogens (primary N) is 1. The number of hydrogen-bond donors (Lipinski definition) is 1. The zero-order valence-corrected chi connectivity index (χ0v) is 11.9. The van der Waals surface area contributed by atoms with Gasteiger partial charge in [0.25, 0.3) is 0 Å². The quantitative estimate of drug-likeness (QED) is 0.912. The monoisotopic (exact) mass is 298 g/mol. The lowest BCUT2D eigenvalue weighted by Gasteiger charge is -2.36. The molecular formula is C13H19BrN2O. The molecule has 0 amide bonds. The topological polar surface area (TPSA) is 38.5 Å². The summed E-state index contributed by atoms with van der Waals surface area (Å²) in [6, 6.07) is 6.57. The summed E-state index contributed by atoms with van der Waals surface area (Å²) in [6.07, 6.45) is 1.06. The van der Waals surface area contributed by atoms with Gasteiger partial charge in [-0.2, -0.15) is 0 Å². The van der Waals surface area contributed by atoms with Crippen LogP contribution in [0.3, 0.4) is 0 Å². The summed E-state index contributed by atoms with van der Waals surface area (Å²) in [4.78, 5) is 2.38. The summed E-state index contributed by atoms with van der Waals surface area (Å²) < 4.78 is 6.32. The molecule has 1 fully saturated rings. The second-order valence-corrected chi connectivity index (χ2v) is 5.55. The van der Waals surface area contributed by atoms with Crippen molar-refractivity contribution in [3.8, 4) is 5.75 Å². The number of benzene rings is 1. The van der Waals surface area contributed by atoms with Gasteiger partial charge in [-0.1, -0.05) is 6.92 Å². The van der Waals surface area contributed by atoms with Crippen molar-refractivity contribution in [3.05, 3.63) is 22.7 Å². The zero-order chi connectivity index (χ0) is 12.4. The number of methoxy groups -OCH3 is 1. The molecule has 1 saturated heterocycles. The highest BCUT2D eigenvalue weighted by molar-refractivity contribution is 9.10. The van der Waals surface area contributed by atoms with E-state index in [1.165, 1.54) is 5.69 Å². The minimum atomic E-state index is 0.337. The third kappa shape index (κ3) is 2.75. The van der Waals surface area contributed by atoms with E-state index in [0.29, 0.717) is 12.0 Å². The van der Waals surface area contributed by atoms with Gasteiger partial charge >= 0.3 is 0 Å². The highest BCUT2D eigenvalue weighted by Gasteiger charge is 2.23. The Kier molecular flexibility index (Phi) is 3.94. The summed E-state index contributed by atoms with van der Waals surface area (Å²) >= 11 is 3.47. The number of ether oxygens (including phenoxy) is 1. The zero-order valence-electron chi connectivity index (χ0n) is 10.3. The molecule has 2 atom stereocenters. The van der Waals surface area contributed by atoms with Gasteiger partial charge in [0.05, 0.1) is 11.6 Å². The van der Waals surface area contributed by atoms with Crippen molar-refractivity contribution in [2.75, 3.05) is 25.1 Å². The Morgan fingerprint density at radius 1 is 1.47 bits per heavy atom. The predicted octanol–water partition coefficient (Wildman–Crippen LogP) is 2.63. The Morgan fingerprint density at radius 2 is 2.24 bits per heavy atom. The van der Waals surface area contributed by atoms with Gasteiger partial charge in [0, 0.05) is 30.9 Å². The number of halogens is 1. The smallest absolute Gasteiger partial charge is 0.135 e. The molecule has 1 aliphatic rings. The Balaban J connectivity index is 2.17. The van der Waals surface area contributed by atoms with E-state index < -0.39 is 0 Å². The first-order chi connectivity index (χ1) is 8.11. The number of hydrogen-bond acceptors (Lipinski definition) is 3. The largest absolute Gasteiger partial charge is 0.495 e. The van der Waals surface area contributed by atoms with Gasteiger partial charge in [0.1, 0.15) is 5.75 Å². The first-order valence-electron chi connectivity index (χ1n) is 5.96. The molecule has 2 unspecified atom stereocenters. The minimum absolute atomic E-state index is 0.337. The number of anilines is 1. The second-order valence-electron chi connectivity index (χ2n) is 4.69. The molecule has 17 heavy (non-hydrogen) atoms. The van der Waals surface area contributed by atoms with Crippen molar-refractivity contribution in [1.82, 2.24) is 0 Å². The van der Waals surface area contributed by atoms with Crippen molar-refractivity contribution in [2.24, 2.45) is 11.7 Å². The fraction of sp³-hybridized carbons (Fsp3) is 0.538. The van der Waals surface area contributed by atoms with Crippen LogP contribution in [0, 0.1) is 5.92 Å². The summed E-state index contributed by atoms with van der Waals surface area (Å²) in [7, 11) is 1.69. The second kappa shape index (κ2) is 5.27. The van der Waals surface area contributed by atoms with Crippen LogP contribution >= 0.6 is 15.9 Å². The average molecular weight is 299 g/mol. The van der Waals surface area contributed by atoms with E-state index in [9.17, 15) is 0 Å². The molecule has 1 heterocycles. The number of piperidine rings is 1. The molecule has 4 heteroatoms. The first-order valence-corrected chi connectivity index (χ1v) is 6.75. The summed E-state index contributed by atoms with van der Waals surface area (Å²) in [6.45, 7) is 4.26. The van der Waals surface area contributed by atoms with Crippen LogP contribution in [-0.4, -0.2) is 26.2 Å². The highest BCUT2D eigenvalue weighted by atomic mass is 79.9. The Bertz CT molecular complexity index is 397. The number of rotatable bonds is 2. The minimum Gasteiger partial charge on any atom is -0.495 e. The van der Waals surface area contributed by atoms with Crippen molar-refractivity contribution in [2.45, 2.75) is 19.4 Å². The highest BCUT2D eigenvalue weighted by Crippen LogP contribution is 2.31. The standard InChI is InChI=1S/C13H19BrN2O/c1-9-8-16(6-5-12(9)15)10-3-4-11(14)13(7-10)17-2/h3-4,7,9,12H,5-6,8,15H2,1-2H3. The van der Waals surface area contributed by atoms with E-state index >= 15 is 0 Å². The fourth-order valence-electron chi connectivity index (χ4n) is 2.24. The molecule has 2 N–H and O–H groups in total. The van der Waals surface area contributed by atoms with Crippen LogP contribution in [-0.2, 0) is 0 Å². The van der Waals surface area contributed by atoms with Gasteiger partial charge < -0.3 is 15.4 Å². The molecule has 0 aromatic heterocycles. The van der Waals surface area contributed by atoms with Crippen LogP contribution in [0.25, 0.3) is 0 Å². The van der Waals surface area contributed by atoms with Gasteiger partial charge in [-0.3, -0.25) is 0 Å². The van der Waals surface area contributed by atoms with E-state index in [2.05, 4.69) is 39.9 Å². The lowest BCUT2D eigenvalue weighted by atomic mass is 9.94. The van der Waals surface area contributed by atoms with Crippen LogP contribution in [0.15, 0.2) is 22.7 Å². The van der Waals surface area contributed by atoms with Gasteiger partial charge in [0.2, 0.25) is 0 Å². The molecule has 0 aliphatic carbocycles. The van der Waals surface area contributed by atoms with E-state index in [1.807, 2.05) is 6.07 Å². The molecule has 0 saturated carbocycles. The predicted molar refractivity (Wildman–Crippen MR) is 74.7 cm³/mol. The molecule has 1 aromatic rings. The van der Waals surface area contributed by atoms with E-state index in [0.717, 1.165) is 29.7 Å². The molecule has 1 aromatic carbocycles. The van der Waals surface area contributed by atoms with Crippen LogP contribution in [0.5, 0.6) is 5.75 Å². The van der Waals surface area contributed by atoms with Gasteiger partial charge in [-0.25, -0.2) is 0 Å². The van der Waals surface area contributed by atoms with Crippen LogP contribution in [0.1, 0.15) is 13.3 Å². The van der Waals surface area contributed by atoms with Gasteiger partial charge in [0.15, 0.2) is 0 Å². The Morgan fingerprint density at radius 3 is 2.88 bits per heavy atom. The summed E-state index contributed by atoms with van der Waals surface area (Å²) in [5, 5.41) is 0. The molecule has 0 spiro atoms. The Hall–Kier alpha value is -0.740. The Labute approximate surface area is 111 Å². The molecule has 94 valence electrons. The van der Waals surface area contributed by atoms with Crippen molar-refractivity contribution >= 4 is 21.6 Å². The van der Waals surface area contributed by atoms with Crippen LogP contribution in [0.4, 0.5) is 5.69 Å². The first kappa shape index (κ1) is 12.7. The lowest BCUT2D eigenvalue weighted by molar-refractivity contribution is 0.381. The maximum Gasteiger partial charge on any atom is 0.135 e. The molecule has 1 aliphatic heterocycles. The van der Waals surface area contributed by atoms with E-state index in [1.54, 1.807) is 7.11 Å². The third-order valence-corrected chi connectivity index (χ3v) is 4.13. The molecule has 3 nitrogen and oxygen atoms in total. The third-order valence-electron chi connectivity index (χ3n) is 3.47. The van der Waals surface area contributed by atoms with Crippen LogP contribution < -0.4 is 15.4 Å². The maximum atomic E-state index is 6.04. The number of nitrogens with zero attached hydrogens (tertiary/aromatic N) is 1. The van der Waals surface area contributed by atoms with Crippen molar-refractivity contribution < 1.29 is 4.74 Å². The lowest BCUT2D eigenvalue weighted by Crippen LogP contribution is -2.45. The SMILES string of the molecule is COc1cc(N2CCC(N)C(C)C2)ccc1Br. The summed E-state index contributed by atoms with van der Waals surface area (Å²) in [5.41, 5.74) is 7.25. The summed E-state index contributed by atoms with van der Waals surface area (Å²) in [5.74, 6) is 1.42. The maximum absolute atomic E-state index is 6.04. The van der Waals surface area contributed by atoms with Gasteiger partial charge in [-0.05, 0) is 40.4 Å². The van der Waals surface area contributed by atoms with Gasteiger partial charge in [-0.15, -0.1) is 0 Å². The average Bonchev–Trinajstić information content (AvgIpc) is 2.33. The molecular weight excluding hydrogens is 280 g/mol. The fourth-order valence-corrected chi connectivity index (χ4v) is 2.65.